The van der Waals surface area contributed by atoms with E-state index in [0.29, 0.717) is 5.17 Å². The SMILES string of the molecule is C[C@H](N=C(N)SCCSc1ccc(Cl)cc1)c1ccccc1. The molecule has 0 fully saturated rings. The van der Waals surface area contributed by atoms with Gasteiger partial charge in [-0.3, -0.25) is 4.99 Å². The number of aliphatic imine (C=N–C) groups is 1. The summed E-state index contributed by atoms with van der Waals surface area (Å²) >= 11 is 9.27. The van der Waals surface area contributed by atoms with Crippen LogP contribution in [0, 0.1) is 0 Å². The smallest absolute Gasteiger partial charge is 0.154 e. The van der Waals surface area contributed by atoms with Gasteiger partial charge in [-0.2, -0.15) is 0 Å². The molecule has 0 saturated heterocycles. The highest BCUT2D eigenvalue weighted by Crippen LogP contribution is 2.22. The van der Waals surface area contributed by atoms with E-state index in [4.69, 9.17) is 17.3 Å². The normalized spacial score (nSPS) is 13.1. The Morgan fingerprint density at radius 1 is 1.09 bits per heavy atom. The van der Waals surface area contributed by atoms with Gasteiger partial charge in [0.2, 0.25) is 0 Å². The zero-order valence-electron chi connectivity index (χ0n) is 12.4. The van der Waals surface area contributed by atoms with Gasteiger partial charge in [0, 0.05) is 21.4 Å². The van der Waals surface area contributed by atoms with Crippen LogP contribution in [0.1, 0.15) is 18.5 Å². The molecule has 0 unspecified atom stereocenters. The summed E-state index contributed by atoms with van der Waals surface area (Å²) in [5.41, 5.74) is 7.18. The number of benzene rings is 2. The molecule has 2 N–H and O–H groups in total. The molecule has 22 heavy (non-hydrogen) atoms. The van der Waals surface area contributed by atoms with Gasteiger partial charge in [-0.05, 0) is 36.8 Å². The standard InChI is InChI=1S/C17H19ClN2S2/c1-13(14-5-3-2-4-6-14)20-17(19)22-12-11-21-16-9-7-15(18)8-10-16/h2-10,13H,11-12H2,1H3,(H2,19,20)/t13-/m0/s1. The fraction of sp³-hybridized carbons (Fsp3) is 0.235. The largest absolute Gasteiger partial charge is 0.379 e. The van der Waals surface area contributed by atoms with Crippen LogP contribution >= 0.6 is 35.1 Å². The molecular weight excluding hydrogens is 332 g/mol. The van der Waals surface area contributed by atoms with E-state index < -0.39 is 0 Å². The first-order valence-electron chi connectivity index (χ1n) is 7.04. The maximum Gasteiger partial charge on any atom is 0.154 e. The highest BCUT2D eigenvalue weighted by atomic mass is 35.5. The summed E-state index contributed by atoms with van der Waals surface area (Å²) < 4.78 is 0. The minimum atomic E-state index is 0.0950. The molecule has 2 aromatic rings. The van der Waals surface area contributed by atoms with Crippen molar-refractivity contribution in [3.63, 3.8) is 0 Å². The van der Waals surface area contributed by atoms with Gasteiger partial charge in [0.15, 0.2) is 5.17 Å². The molecule has 2 nitrogen and oxygen atoms in total. The predicted octanol–water partition coefficient (Wildman–Crippen LogP) is 5.24. The van der Waals surface area contributed by atoms with Gasteiger partial charge in [0.05, 0.1) is 6.04 Å². The second-order valence-electron chi connectivity index (χ2n) is 4.70. The van der Waals surface area contributed by atoms with Gasteiger partial charge in [-0.15, -0.1) is 11.8 Å². The second kappa shape index (κ2) is 9.13. The van der Waals surface area contributed by atoms with Crippen LogP contribution in [0.15, 0.2) is 64.5 Å². The molecule has 0 spiro atoms. The monoisotopic (exact) mass is 350 g/mol. The Morgan fingerprint density at radius 3 is 2.45 bits per heavy atom. The minimum absolute atomic E-state index is 0.0950. The Labute approximate surface area is 145 Å². The van der Waals surface area contributed by atoms with Gasteiger partial charge in [0.1, 0.15) is 0 Å². The van der Waals surface area contributed by atoms with Crippen LogP contribution in [0.2, 0.25) is 5.02 Å². The lowest BCUT2D eigenvalue weighted by molar-refractivity contribution is 0.822. The van der Waals surface area contributed by atoms with E-state index in [9.17, 15) is 0 Å². The third kappa shape index (κ3) is 5.95. The summed E-state index contributed by atoms with van der Waals surface area (Å²) in [6.45, 7) is 2.06. The van der Waals surface area contributed by atoms with Crippen LogP contribution < -0.4 is 5.73 Å². The predicted molar refractivity (Wildman–Crippen MR) is 101 cm³/mol. The molecule has 0 amide bonds. The van der Waals surface area contributed by atoms with E-state index in [1.807, 2.05) is 42.5 Å². The number of thioether (sulfide) groups is 2. The lowest BCUT2D eigenvalue weighted by atomic mass is 10.1. The Balaban J connectivity index is 1.74. The van der Waals surface area contributed by atoms with Crippen LogP contribution in [-0.4, -0.2) is 16.7 Å². The molecule has 0 aromatic heterocycles. The zero-order valence-corrected chi connectivity index (χ0v) is 14.8. The molecule has 2 rings (SSSR count). The number of rotatable bonds is 6. The topological polar surface area (TPSA) is 38.4 Å². The summed E-state index contributed by atoms with van der Waals surface area (Å²) in [6, 6.07) is 18.2. The first-order valence-corrected chi connectivity index (χ1v) is 9.39. The minimum Gasteiger partial charge on any atom is -0.379 e. The lowest BCUT2D eigenvalue weighted by Crippen LogP contribution is -2.09. The van der Waals surface area contributed by atoms with Crippen molar-refractivity contribution in [2.75, 3.05) is 11.5 Å². The van der Waals surface area contributed by atoms with E-state index in [-0.39, 0.29) is 6.04 Å². The lowest BCUT2D eigenvalue weighted by Gasteiger charge is -2.08. The van der Waals surface area contributed by atoms with E-state index in [1.54, 1.807) is 23.5 Å². The third-order valence-electron chi connectivity index (χ3n) is 3.02. The Bertz CT molecular complexity index is 600. The van der Waals surface area contributed by atoms with Crippen LogP contribution in [0.25, 0.3) is 0 Å². The molecule has 2 aromatic carbocycles. The zero-order chi connectivity index (χ0) is 15.8. The number of nitrogens with zero attached hydrogens (tertiary/aromatic N) is 1. The van der Waals surface area contributed by atoms with Gasteiger partial charge >= 0.3 is 0 Å². The van der Waals surface area contributed by atoms with Crippen LogP contribution in [-0.2, 0) is 0 Å². The summed E-state index contributed by atoms with van der Waals surface area (Å²) in [7, 11) is 0. The maximum absolute atomic E-state index is 6.00. The molecule has 0 aliphatic rings. The van der Waals surface area contributed by atoms with E-state index in [2.05, 4.69) is 24.0 Å². The molecule has 5 heteroatoms. The van der Waals surface area contributed by atoms with E-state index >= 15 is 0 Å². The summed E-state index contributed by atoms with van der Waals surface area (Å²) in [4.78, 5) is 5.75. The van der Waals surface area contributed by atoms with Crippen molar-refractivity contribution in [2.24, 2.45) is 10.7 Å². The number of hydrogen-bond acceptors (Lipinski definition) is 3. The van der Waals surface area contributed by atoms with E-state index in [0.717, 1.165) is 16.5 Å². The fourth-order valence-electron chi connectivity index (χ4n) is 1.87. The molecule has 1 atom stereocenters. The van der Waals surface area contributed by atoms with Crippen molar-refractivity contribution in [1.82, 2.24) is 0 Å². The number of amidine groups is 1. The molecule has 0 radical (unpaired) electrons. The highest BCUT2D eigenvalue weighted by Gasteiger charge is 2.04. The van der Waals surface area contributed by atoms with Crippen LogP contribution in [0.5, 0.6) is 0 Å². The van der Waals surface area contributed by atoms with Crippen molar-refractivity contribution in [3.05, 3.63) is 65.2 Å². The van der Waals surface area contributed by atoms with Crippen molar-refractivity contribution in [2.45, 2.75) is 17.9 Å². The molecule has 0 bridgehead atoms. The summed E-state index contributed by atoms with van der Waals surface area (Å²) in [6.07, 6.45) is 0. The van der Waals surface area contributed by atoms with Crippen molar-refractivity contribution in [3.8, 4) is 0 Å². The van der Waals surface area contributed by atoms with Crippen molar-refractivity contribution >= 4 is 40.3 Å². The molecule has 0 aliphatic carbocycles. The average Bonchev–Trinajstić information content (AvgIpc) is 2.54. The molecule has 116 valence electrons. The first-order chi connectivity index (χ1) is 10.6. The second-order valence-corrected chi connectivity index (χ2v) is 7.42. The average molecular weight is 351 g/mol. The maximum atomic E-state index is 6.00. The van der Waals surface area contributed by atoms with Gasteiger partial charge < -0.3 is 5.73 Å². The molecule has 0 aliphatic heterocycles. The molecule has 0 saturated carbocycles. The molecular formula is C17H19ClN2S2. The van der Waals surface area contributed by atoms with E-state index in [1.165, 1.54) is 10.5 Å². The van der Waals surface area contributed by atoms with Gasteiger partial charge in [0.25, 0.3) is 0 Å². The molecule has 0 heterocycles. The van der Waals surface area contributed by atoms with Gasteiger partial charge in [-0.25, -0.2) is 0 Å². The Hall–Kier alpha value is -1.10. The van der Waals surface area contributed by atoms with Crippen LogP contribution in [0.3, 0.4) is 0 Å². The van der Waals surface area contributed by atoms with Crippen molar-refractivity contribution in [1.29, 1.82) is 0 Å². The summed E-state index contributed by atoms with van der Waals surface area (Å²) in [5.74, 6) is 1.92. The summed E-state index contributed by atoms with van der Waals surface area (Å²) in [5, 5.41) is 1.41. The van der Waals surface area contributed by atoms with Gasteiger partial charge in [-0.1, -0.05) is 53.7 Å². The highest BCUT2D eigenvalue weighted by molar-refractivity contribution is 8.14. The number of nitrogens with two attached hydrogens (primary N) is 1. The number of hydrogen-bond donors (Lipinski definition) is 1. The van der Waals surface area contributed by atoms with Crippen molar-refractivity contribution < 1.29 is 0 Å². The first kappa shape index (κ1) is 17.3. The van der Waals surface area contributed by atoms with Crippen LogP contribution in [0.4, 0.5) is 0 Å². The Kier molecular flexibility index (Phi) is 7.16. The fourth-order valence-corrected chi connectivity index (χ4v) is 3.67. The Morgan fingerprint density at radius 2 is 1.77 bits per heavy atom. The quantitative estimate of drug-likeness (QED) is 0.335. The number of halogens is 1. The third-order valence-corrected chi connectivity index (χ3v) is 5.35.